The van der Waals surface area contributed by atoms with Crippen molar-refractivity contribution in [2.45, 2.75) is 6.54 Å². The molecule has 2 aromatic carbocycles. The van der Waals surface area contributed by atoms with Crippen LogP contribution in [0.5, 0.6) is 0 Å². The third-order valence-corrected chi connectivity index (χ3v) is 3.25. The van der Waals surface area contributed by atoms with E-state index in [-0.39, 0.29) is 22.3 Å². The average molecular weight is 315 g/mol. The van der Waals surface area contributed by atoms with Crippen LogP contribution in [0.25, 0.3) is 0 Å². The van der Waals surface area contributed by atoms with Gasteiger partial charge in [-0.05, 0) is 12.1 Å². The van der Waals surface area contributed by atoms with Crippen LogP contribution in [-0.2, 0) is 6.54 Å². The highest BCUT2D eigenvalue weighted by Crippen LogP contribution is 2.32. The van der Waals surface area contributed by atoms with Gasteiger partial charge < -0.3 is 5.32 Å². The molecule has 2 aromatic rings. The molecule has 0 aliphatic rings. The lowest BCUT2D eigenvalue weighted by molar-refractivity contribution is -0.385. The third-order valence-electron chi connectivity index (χ3n) is 2.65. The monoisotopic (exact) mass is 314 g/mol. The molecule has 0 aliphatic heterocycles. The van der Waals surface area contributed by atoms with Crippen molar-refractivity contribution < 1.29 is 9.31 Å². The van der Waals surface area contributed by atoms with Gasteiger partial charge in [-0.1, -0.05) is 41.4 Å². The summed E-state index contributed by atoms with van der Waals surface area (Å²) in [6.07, 6.45) is 0. The summed E-state index contributed by atoms with van der Waals surface area (Å²) in [4.78, 5) is 10.4. The molecule has 7 heteroatoms. The van der Waals surface area contributed by atoms with Crippen LogP contribution in [0.4, 0.5) is 15.8 Å². The summed E-state index contributed by atoms with van der Waals surface area (Å²) in [6, 6.07) is 8.54. The lowest BCUT2D eigenvalue weighted by atomic mass is 10.1. The van der Waals surface area contributed by atoms with Crippen LogP contribution in [-0.4, -0.2) is 4.92 Å². The molecule has 0 unspecified atom stereocenters. The fraction of sp³-hybridized carbons (Fsp3) is 0.0769. The van der Waals surface area contributed by atoms with Crippen LogP contribution in [0.1, 0.15) is 5.56 Å². The molecular weight excluding hydrogens is 306 g/mol. The van der Waals surface area contributed by atoms with E-state index >= 15 is 0 Å². The second-order valence-corrected chi connectivity index (χ2v) is 4.80. The molecule has 104 valence electrons. The van der Waals surface area contributed by atoms with E-state index in [2.05, 4.69) is 5.32 Å². The quantitative estimate of drug-likeness (QED) is 0.660. The largest absolute Gasteiger partial charge is 0.378 e. The second-order valence-electron chi connectivity index (χ2n) is 3.98. The summed E-state index contributed by atoms with van der Waals surface area (Å²) in [6.45, 7) is 0.155. The predicted molar refractivity (Wildman–Crippen MR) is 76.8 cm³/mol. The zero-order chi connectivity index (χ0) is 14.7. The van der Waals surface area contributed by atoms with Gasteiger partial charge in [-0.2, -0.15) is 0 Å². The molecule has 0 radical (unpaired) electrons. The van der Waals surface area contributed by atoms with Crippen molar-refractivity contribution in [2.75, 3.05) is 5.32 Å². The number of hydrogen-bond donors (Lipinski definition) is 1. The van der Waals surface area contributed by atoms with Crippen LogP contribution in [0.2, 0.25) is 10.0 Å². The highest BCUT2D eigenvalue weighted by Gasteiger charge is 2.14. The van der Waals surface area contributed by atoms with Gasteiger partial charge in [0.05, 0.1) is 20.7 Å². The maximum absolute atomic E-state index is 13.1. The Kier molecular flexibility index (Phi) is 4.42. The Morgan fingerprint density at radius 2 is 1.80 bits per heavy atom. The van der Waals surface area contributed by atoms with Gasteiger partial charge in [0.25, 0.3) is 5.69 Å². The van der Waals surface area contributed by atoms with E-state index < -0.39 is 10.7 Å². The number of nitrogens with zero attached hydrogens (tertiary/aromatic N) is 1. The molecule has 0 heterocycles. The standard InChI is InChI=1S/C13H9Cl2FN2O2/c14-10-5-9(16)6-11(15)13(10)17-7-8-3-1-2-4-12(8)18(19)20/h1-6,17H,7H2. The zero-order valence-corrected chi connectivity index (χ0v) is 11.6. The maximum atomic E-state index is 13.1. The number of hydrogen-bond acceptors (Lipinski definition) is 3. The minimum Gasteiger partial charge on any atom is -0.378 e. The van der Waals surface area contributed by atoms with Crippen molar-refractivity contribution in [1.82, 2.24) is 0 Å². The molecule has 0 saturated heterocycles. The van der Waals surface area contributed by atoms with Crippen LogP contribution < -0.4 is 5.32 Å². The number of benzene rings is 2. The molecule has 0 aromatic heterocycles. The van der Waals surface area contributed by atoms with E-state index in [9.17, 15) is 14.5 Å². The molecule has 0 fully saturated rings. The van der Waals surface area contributed by atoms with Crippen molar-refractivity contribution in [3.05, 3.63) is 67.9 Å². The Labute approximate surface area is 124 Å². The van der Waals surface area contributed by atoms with Gasteiger partial charge in [0.15, 0.2) is 0 Å². The first kappa shape index (κ1) is 14.6. The Balaban J connectivity index is 2.24. The molecule has 4 nitrogen and oxygen atoms in total. The van der Waals surface area contributed by atoms with E-state index in [0.717, 1.165) is 12.1 Å². The van der Waals surface area contributed by atoms with Gasteiger partial charge in [-0.3, -0.25) is 10.1 Å². The normalized spacial score (nSPS) is 10.3. The number of nitro benzene ring substituents is 1. The minimum atomic E-state index is -0.545. The fourth-order valence-electron chi connectivity index (χ4n) is 1.73. The van der Waals surface area contributed by atoms with Gasteiger partial charge >= 0.3 is 0 Å². The Morgan fingerprint density at radius 1 is 1.20 bits per heavy atom. The number of para-hydroxylation sites is 1. The molecule has 0 aliphatic carbocycles. The number of rotatable bonds is 4. The van der Waals surface area contributed by atoms with Gasteiger partial charge in [-0.25, -0.2) is 4.39 Å². The molecule has 20 heavy (non-hydrogen) atoms. The number of nitrogens with one attached hydrogen (secondary N) is 1. The maximum Gasteiger partial charge on any atom is 0.274 e. The summed E-state index contributed by atoms with van der Waals surface area (Å²) in [5, 5.41) is 14.0. The van der Waals surface area contributed by atoms with Crippen molar-refractivity contribution in [1.29, 1.82) is 0 Å². The topological polar surface area (TPSA) is 55.2 Å². The summed E-state index contributed by atoms with van der Waals surface area (Å²) in [7, 11) is 0. The Morgan fingerprint density at radius 3 is 2.40 bits per heavy atom. The lowest BCUT2D eigenvalue weighted by Gasteiger charge is -2.10. The second kappa shape index (κ2) is 6.07. The molecular formula is C13H9Cl2FN2O2. The fourth-order valence-corrected chi connectivity index (χ4v) is 2.33. The number of anilines is 1. The molecule has 0 spiro atoms. The summed E-state index contributed by atoms with van der Waals surface area (Å²) in [5.41, 5.74) is 0.816. The number of nitro groups is 1. The predicted octanol–water partition coefficient (Wildman–Crippen LogP) is 4.65. The van der Waals surface area contributed by atoms with Crippen molar-refractivity contribution >= 4 is 34.6 Å². The van der Waals surface area contributed by atoms with Crippen LogP contribution in [0.3, 0.4) is 0 Å². The van der Waals surface area contributed by atoms with E-state index in [1.54, 1.807) is 18.2 Å². The Bertz CT molecular complexity index is 642. The van der Waals surface area contributed by atoms with Gasteiger partial charge in [-0.15, -0.1) is 0 Å². The summed E-state index contributed by atoms with van der Waals surface area (Å²) >= 11 is 11.8. The first-order chi connectivity index (χ1) is 9.49. The smallest absolute Gasteiger partial charge is 0.274 e. The average Bonchev–Trinajstić information content (AvgIpc) is 2.37. The summed E-state index contributed by atoms with van der Waals surface area (Å²) < 4.78 is 13.1. The van der Waals surface area contributed by atoms with Crippen molar-refractivity contribution in [3.8, 4) is 0 Å². The van der Waals surface area contributed by atoms with E-state index in [1.165, 1.54) is 6.07 Å². The molecule has 2 rings (SSSR count). The van der Waals surface area contributed by atoms with E-state index in [4.69, 9.17) is 23.2 Å². The lowest BCUT2D eigenvalue weighted by Crippen LogP contribution is -2.04. The van der Waals surface area contributed by atoms with Gasteiger partial charge in [0.2, 0.25) is 0 Å². The van der Waals surface area contributed by atoms with Crippen molar-refractivity contribution in [3.63, 3.8) is 0 Å². The minimum absolute atomic E-state index is 0.00523. The van der Waals surface area contributed by atoms with E-state index in [0.29, 0.717) is 11.3 Å². The van der Waals surface area contributed by atoms with Crippen LogP contribution in [0.15, 0.2) is 36.4 Å². The molecule has 0 saturated carbocycles. The highest BCUT2D eigenvalue weighted by molar-refractivity contribution is 6.39. The molecule has 1 N–H and O–H groups in total. The Hall–Kier alpha value is -1.85. The van der Waals surface area contributed by atoms with E-state index in [1.807, 2.05) is 0 Å². The summed E-state index contributed by atoms with van der Waals surface area (Å²) in [5.74, 6) is -0.545. The number of halogens is 3. The first-order valence-electron chi connectivity index (χ1n) is 5.59. The van der Waals surface area contributed by atoms with Crippen LogP contribution >= 0.6 is 23.2 Å². The van der Waals surface area contributed by atoms with Gasteiger partial charge in [0, 0.05) is 18.2 Å². The molecule has 0 bridgehead atoms. The van der Waals surface area contributed by atoms with Crippen LogP contribution in [0, 0.1) is 15.9 Å². The highest BCUT2D eigenvalue weighted by atomic mass is 35.5. The molecule has 0 atom stereocenters. The SMILES string of the molecule is O=[N+]([O-])c1ccccc1CNc1c(Cl)cc(F)cc1Cl. The van der Waals surface area contributed by atoms with Crippen molar-refractivity contribution in [2.24, 2.45) is 0 Å². The zero-order valence-electron chi connectivity index (χ0n) is 10.1. The third kappa shape index (κ3) is 3.18. The molecule has 0 amide bonds. The first-order valence-corrected chi connectivity index (χ1v) is 6.35. The van der Waals surface area contributed by atoms with Gasteiger partial charge in [0.1, 0.15) is 5.82 Å².